The van der Waals surface area contributed by atoms with Crippen LogP contribution in [0.1, 0.15) is 30.0 Å². The van der Waals surface area contributed by atoms with Crippen molar-refractivity contribution < 1.29 is 36.6 Å². The number of carbonyl (C=O) groups excluding carboxylic acids is 1. The summed E-state index contributed by atoms with van der Waals surface area (Å²) in [6, 6.07) is 5.16. The van der Waals surface area contributed by atoms with Crippen LogP contribution in [0.3, 0.4) is 0 Å². The van der Waals surface area contributed by atoms with Gasteiger partial charge in [-0.1, -0.05) is 17.7 Å². The van der Waals surface area contributed by atoms with Crippen molar-refractivity contribution in [1.29, 1.82) is 0 Å². The Hall–Kier alpha value is -3.18. The standard InChI is InChI=1S/C22H19ClF5N3O3/c1-3-31-9-17(29-19(31)10-32)12-8-18(34-11(2)22(26,27)28)13(7-16(12)25)21(33)30-20-14(23)5-4-6-15(20)24/h4-9,11,32H,3,10H2,1-2H3,(H,30,33). The molecule has 0 aliphatic carbocycles. The Morgan fingerprint density at radius 1 is 1.26 bits per heavy atom. The fourth-order valence-electron chi connectivity index (χ4n) is 3.06. The first kappa shape index (κ1) is 25.4. The molecule has 34 heavy (non-hydrogen) atoms. The Kier molecular flexibility index (Phi) is 7.47. The van der Waals surface area contributed by atoms with Crippen LogP contribution >= 0.6 is 11.6 Å². The van der Waals surface area contributed by atoms with Gasteiger partial charge in [0, 0.05) is 18.3 Å². The number of nitrogens with one attached hydrogen (secondary N) is 1. The number of aryl methyl sites for hydroxylation is 1. The van der Waals surface area contributed by atoms with E-state index in [1.54, 1.807) is 6.92 Å². The van der Waals surface area contributed by atoms with Crippen LogP contribution in [0.5, 0.6) is 5.75 Å². The van der Waals surface area contributed by atoms with Gasteiger partial charge in [0.15, 0.2) is 6.10 Å². The van der Waals surface area contributed by atoms with E-state index in [4.69, 9.17) is 16.3 Å². The number of hydrogen-bond donors (Lipinski definition) is 2. The molecular weight excluding hydrogens is 485 g/mol. The van der Waals surface area contributed by atoms with Gasteiger partial charge in [-0.05, 0) is 38.1 Å². The average Bonchev–Trinajstić information content (AvgIpc) is 3.19. The predicted octanol–water partition coefficient (Wildman–Crippen LogP) is 5.58. The number of aliphatic hydroxyl groups is 1. The van der Waals surface area contributed by atoms with Crippen LogP contribution in [0.25, 0.3) is 11.3 Å². The van der Waals surface area contributed by atoms with Gasteiger partial charge in [-0.15, -0.1) is 0 Å². The lowest BCUT2D eigenvalue weighted by Gasteiger charge is -2.20. The summed E-state index contributed by atoms with van der Waals surface area (Å²) in [5, 5.41) is 11.4. The quantitative estimate of drug-likeness (QED) is 0.413. The number of hydrogen-bond acceptors (Lipinski definition) is 4. The molecule has 3 rings (SSSR count). The number of benzene rings is 2. The fraction of sp³-hybridized carbons (Fsp3) is 0.273. The van der Waals surface area contributed by atoms with E-state index >= 15 is 4.39 Å². The zero-order chi connectivity index (χ0) is 25.2. The molecule has 1 unspecified atom stereocenters. The number of carbonyl (C=O) groups is 1. The van der Waals surface area contributed by atoms with Crippen LogP contribution in [0, 0.1) is 11.6 Å². The number of ether oxygens (including phenoxy) is 1. The number of imidazole rings is 1. The third-order valence-corrected chi connectivity index (χ3v) is 5.21. The first-order valence-electron chi connectivity index (χ1n) is 9.95. The van der Waals surface area contributed by atoms with E-state index in [2.05, 4.69) is 10.3 Å². The van der Waals surface area contributed by atoms with Crippen LogP contribution in [0.15, 0.2) is 36.5 Å². The van der Waals surface area contributed by atoms with E-state index in [1.807, 2.05) is 0 Å². The van der Waals surface area contributed by atoms with E-state index < -0.39 is 53.4 Å². The van der Waals surface area contributed by atoms with Gasteiger partial charge >= 0.3 is 6.18 Å². The summed E-state index contributed by atoms with van der Waals surface area (Å²) in [5.74, 6) is -3.44. The van der Waals surface area contributed by atoms with Crippen LogP contribution in [-0.4, -0.2) is 32.8 Å². The maximum Gasteiger partial charge on any atom is 0.425 e. The Morgan fingerprint density at radius 3 is 2.53 bits per heavy atom. The maximum atomic E-state index is 15.0. The highest BCUT2D eigenvalue weighted by molar-refractivity contribution is 6.34. The molecule has 1 amide bonds. The number of halogens is 6. The average molecular weight is 504 g/mol. The van der Waals surface area contributed by atoms with Gasteiger partial charge in [0.2, 0.25) is 0 Å². The molecule has 2 aromatic carbocycles. The molecule has 1 aromatic heterocycles. The number of amides is 1. The molecule has 0 bridgehead atoms. The third kappa shape index (κ3) is 5.31. The Labute approximate surface area is 195 Å². The summed E-state index contributed by atoms with van der Waals surface area (Å²) >= 11 is 5.89. The first-order valence-corrected chi connectivity index (χ1v) is 10.3. The van der Waals surface area contributed by atoms with Gasteiger partial charge in [-0.25, -0.2) is 13.8 Å². The molecule has 1 atom stereocenters. The van der Waals surface area contributed by atoms with Crippen molar-refractivity contribution in [3.63, 3.8) is 0 Å². The summed E-state index contributed by atoms with van der Waals surface area (Å²) in [5.41, 5.74) is -1.29. The third-order valence-electron chi connectivity index (χ3n) is 4.90. The lowest BCUT2D eigenvalue weighted by atomic mass is 10.1. The molecule has 0 aliphatic rings. The van der Waals surface area contributed by atoms with Gasteiger partial charge in [-0.2, -0.15) is 13.2 Å². The number of nitrogens with zero attached hydrogens (tertiary/aromatic N) is 2. The first-order chi connectivity index (χ1) is 16.0. The second-order valence-electron chi connectivity index (χ2n) is 7.17. The zero-order valence-corrected chi connectivity index (χ0v) is 18.6. The molecule has 0 spiro atoms. The van der Waals surface area contributed by atoms with E-state index in [0.717, 1.165) is 12.1 Å². The van der Waals surface area contributed by atoms with Crippen LogP contribution in [-0.2, 0) is 13.2 Å². The molecule has 2 N–H and O–H groups in total. The Balaban J connectivity index is 2.10. The topological polar surface area (TPSA) is 76.4 Å². The molecule has 3 aromatic rings. The minimum atomic E-state index is -4.79. The van der Waals surface area contributed by atoms with Crippen molar-refractivity contribution in [1.82, 2.24) is 9.55 Å². The second kappa shape index (κ2) is 9.98. The molecule has 6 nitrogen and oxygen atoms in total. The normalized spacial score (nSPS) is 12.5. The number of alkyl halides is 3. The van der Waals surface area contributed by atoms with Crippen molar-refractivity contribution >= 4 is 23.2 Å². The largest absolute Gasteiger partial charge is 0.480 e. The van der Waals surface area contributed by atoms with E-state index in [0.29, 0.717) is 19.5 Å². The maximum absolute atomic E-state index is 15.0. The molecule has 0 radical (unpaired) electrons. The highest BCUT2D eigenvalue weighted by atomic mass is 35.5. The highest BCUT2D eigenvalue weighted by Crippen LogP contribution is 2.34. The second-order valence-corrected chi connectivity index (χ2v) is 7.57. The molecule has 0 aliphatic heterocycles. The smallest absolute Gasteiger partial charge is 0.425 e. The molecular formula is C22H19ClF5N3O3. The predicted molar refractivity (Wildman–Crippen MR) is 115 cm³/mol. The molecule has 0 saturated heterocycles. The minimum absolute atomic E-state index is 0.0111. The molecule has 0 fully saturated rings. The minimum Gasteiger partial charge on any atom is -0.480 e. The summed E-state index contributed by atoms with van der Waals surface area (Å²) < 4.78 is 75.1. The molecule has 12 heteroatoms. The number of aliphatic hydroxyl groups excluding tert-OH is 1. The van der Waals surface area contributed by atoms with Gasteiger partial charge in [0.25, 0.3) is 5.91 Å². The van der Waals surface area contributed by atoms with E-state index in [1.165, 1.54) is 22.9 Å². The van der Waals surface area contributed by atoms with Crippen molar-refractivity contribution in [2.45, 2.75) is 39.3 Å². The van der Waals surface area contributed by atoms with Gasteiger partial charge in [-0.3, -0.25) is 4.79 Å². The van der Waals surface area contributed by atoms with E-state index in [-0.39, 0.29) is 22.1 Å². The monoisotopic (exact) mass is 503 g/mol. The number of aromatic nitrogens is 2. The SMILES string of the molecule is CCn1cc(-c2cc(OC(C)C(F)(F)F)c(C(=O)Nc3c(F)cccc3Cl)cc2F)nc1CO. The van der Waals surface area contributed by atoms with Crippen LogP contribution in [0.2, 0.25) is 5.02 Å². The van der Waals surface area contributed by atoms with Gasteiger partial charge < -0.3 is 19.7 Å². The van der Waals surface area contributed by atoms with Gasteiger partial charge in [0.1, 0.15) is 29.8 Å². The molecule has 1 heterocycles. The number of para-hydroxylation sites is 1. The van der Waals surface area contributed by atoms with Crippen molar-refractivity contribution in [2.75, 3.05) is 5.32 Å². The highest BCUT2D eigenvalue weighted by Gasteiger charge is 2.39. The van der Waals surface area contributed by atoms with E-state index in [9.17, 15) is 27.5 Å². The summed E-state index contributed by atoms with van der Waals surface area (Å²) in [6.07, 6.45) is -5.74. The molecule has 0 saturated carbocycles. The Morgan fingerprint density at radius 2 is 1.97 bits per heavy atom. The van der Waals surface area contributed by atoms with Crippen molar-refractivity contribution in [3.8, 4) is 17.0 Å². The summed E-state index contributed by atoms with van der Waals surface area (Å²) in [4.78, 5) is 16.9. The number of anilines is 1. The summed E-state index contributed by atoms with van der Waals surface area (Å²) in [6.45, 7) is 2.41. The van der Waals surface area contributed by atoms with Crippen molar-refractivity contribution in [2.24, 2.45) is 0 Å². The lowest BCUT2D eigenvalue weighted by molar-refractivity contribution is -0.189. The van der Waals surface area contributed by atoms with Gasteiger partial charge in [0.05, 0.1) is 22.0 Å². The summed E-state index contributed by atoms with van der Waals surface area (Å²) in [7, 11) is 0. The molecule has 182 valence electrons. The van der Waals surface area contributed by atoms with Crippen LogP contribution in [0.4, 0.5) is 27.6 Å². The Bertz CT molecular complexity index is 1170. The lowest BCUT2D eigenvalue weighted by Crippen LogP contribution is -2.32. The number of rotatable bonds is 7. The fourth-order valence-corrected chi connectivity index (χ4v) is 3.27. The zero-order valence-electron chi connectivity index (χ0n) is 17.9. The van der Waals surface area contributed by atoms with Crippen LogP contribution < -0.4 is 10.1 Å². The van der Waals surface area contributed by atoms with Crippen molar-refractivity contribution in [3.05, 3.63) is 64.6 Å².